The van der Waals surface area contributed by atoms with E-state index in [9.17, 15) is 9.59 Å². The predicted octanol–water partition coefficient (Wildman–Crippen LogP) is 2.40. The van der Waals surface area contributed by atoms with Crippen molar-refractivity contribution in [1.29, 1.82) is 0 Å². The van der Waals surface area contributed by atoms with Gasteiger partial charge in [0.15, 0.2) is 12.2 Å². The fourth-order valence-corrected chi connectivity index (χ4v) is 4.58. The molecule has 0 bridgehead atoms. The molecule has 7 nitrogen and oxygen atoms in total. The molecule has 2 unspecified atom stereocenters. The molecule has 0 aliphatic carbocycles. The van der Waals surface area contributed by atoms with Crippen LogP contribution in [0.25, 0.3) is 0 Å². The second kappa shape index (κ2) is 7.48. The lowest BCUT2D eigenvalue weighted by Gasteiger charge is -2.40. The molecule has 0 radical (unpaired) electrons. The number of hydrogen-bond acceptors (Lipinski definition) is 5. The van der Waals surface area contributed by atoms with Crippen LogP contribution in [0.3, 0.4) is 0 Å². The highest BCUT2D eigenvalue weighted by Gasteiger charge is 2.54. The Balaban J connectivity index is 1.33. The number of urea groups is 1. The molecule has 2 aromatic carbocycles. The van der Waals surface area contributed by atoms with Crippen LogP contribution in [0.2, 0.25) is 0 Å². The number of carbonyl (C=O) groups excluding carboxylic acids is 2. The van der Waals surface area contributed by atoms with E-state index in [1.807, 2.05) is 48.5 Å². The molecule has 0 aromatic heterocycles. The van der Waals surface area contributed by atoms with Crippen LogP contribution in [-0.2, 0) is 11.2 Å². The van der Waals surface area contributed by atoms with E-state index in [1.54, 1.807) is 11.9 Å². The van der Waals surface area contributed by atoms with Gasteiger partial charge in [-0.15, -0.1) is 0 Å². The van der Waals surface area contributed by atoms with Crippen molar-refractivity contribution in [3.05, 3.63) is 66.2 Å². The Labute approximate surface area is 176 Å². The molecule has 2 atom stereocenters. The van der Waals surface area contributed by atoms with Crippen molar-refractivity contribution in [2.75, 3.05) is 31.6 Å². The van der Waals surface area contributed by atoms with Crippen molar-refractivity contribution in [3.8, 4) is 0 Å². The van der Waals surface area contributed by atoms with Gasteiger partial charge >= 0.3 is 6.03 Å². The number of anilines is 1. The third-order valence-electron chi connectivity index (χ3n) is 6.14. The van der Waals surface area contributed by atoms with Crippen molar-refractivity contribution < 1.29 is 9.59 Å². The Morgan fingerprint density at radius 2 is 1.67 bits per heavy atom. The second-order valence-electron chi connectivity index (χ2n) is 7.94. The standard InChI is InChI=1S/C23H25N5O2/c1-25-20-19(27-16-15-26(22(27)24-20)18-12-6-3-7-13-18)21(29)28(23(25)30)14-8-11-17-9-4-2-5-10-17/h2-7,9-10,12-13,19-20H,8,11,14-16H2,1H3. The molecule has 0 spiro atoms. The number of carbonyl (C=O) groups is 2. The maximum absolute atomic E-state index is 13.3. The topological polar surface area (TPSA) is 59.5 Å². The number of aryl methyl sites for hydroxylation is 1. The SMILES string of the molecule is CN1C(=O)N(CCCc2ccccc2)C(=O)C2C1N=C1N(c3ccccc3)CCN12. The van der Waals surface area contributed by atoms with E-state index < -0.39 is 12.2 Å². The summed E-state index contributed by atoms with van der Waals surface area (Å²) in [6.07, 6.45) is 1.12. The van der Waals surface area contributed by atoms with Gasteiger partial charge in [-0.1, -0.05) is 48.5 Å². The summed E-state index contributed by atoms with van der Waals surface area (Å²) in [5, 5.41) is 0. The number of nitrogens with zero attached hydrogens (tertiary/aromatic N) is 5. The number of para-hydroxylation sites is 1. The Hall–Kier alpha value is -3.35. The van der Waals surface area contributed by atoms with Crippen molar-refractivity contribution in [2.24, 2.45) is 4.99 Å². The van der Waals surface area contributed by atoms with Gasteiger partial charge in [-0.25, -0.2) is 9.79 Å². The minimum atomic E-state index is -0.461. The van der Waals surface area contributed by atoms with Crippen LogP contribution in [0, 0.1) is 0 Å². The Kier molecular flexibility index (Phi) is 4.65. The summed E-state index contributed by atoms with van der Waals surface area (Å²) in [4.78, 5) is 38.3. The summed E-state index contributed by atoms with van der Waals surface area (Å²) in [6, 6.07) is 19.5. The van der Waals surface area contributed by atoms with Gasteiger partial charge in [0.2, 0.25) is 5.96 Å². The molecule has 2 fully saturated rings. The normalized spacial score (nSPS) is 23.0. The summed E-state index contributed by atoms with van der Waals surface area (Å²) in [6.45, 7) is 1.93. The van der Waals surface area contributed by atoms with Crippen molar-refractivity contribution in [3.63, 3.8) is 0 Å². The number of rotatable bonds is 5. The number of aliphatic imine (C=N–C) groups is 1. The lowest BCUT2D eigenvalue weighted by atomic mass is 10.1. The van der Waals surface area contributed by atoms with E-state index in [0.29, 0.717) is 6.54 Å². The van der Waals surface area contributed by atoms with Crippen molar-refractivity contribution in [2.45, 2.75) is 25.0 Å². The predicted molar refractivity (Wildman–Crippen MR) is 115 cm³/mol. The van der Waals surface area contributed by atoms with E-state index >= 15 is 0 Å². The number of benzene rings is 2. The van der Waals surface area contributed by atoms with Crippen LogP contribution in [-0.4, -0.2) is 71.5 Å². The Bertz CT molecular complexity index is 978. The van der Waals surface area contributed by atoms with Crippen molar-refractivity contribution in [1.82, 2.24) is 14.7 Å². The summed E-state index contributed by atoms with van der Waals surface area (Å²) in [5.41, 5.74) is 2.27. The summed E-state index contributed by atoms with van der Waals surface area (Å²) >= 11 is 0. The molecule has 3 aliphatic heterocycles. The van der Waals surface area contributed by atoms with Gasteiger partial charge in [0.05, 0.1) is 0 Å². The smallest absolute Gasteiger partial charge is 0.325 e. The van der Waals surface area contributed by atoms with Gasteiger partial charge in [0, 0.05) is 32.4 Å². The van der Waals surface area contributed by atoms with Crippen LogP contribution in [0.1, 0.15) is 12.0 Å². The number of guanidine groups is 1. The molecule has 5 rings (SSSR count). The highest BCUT2D eigenvalue weighted by atomic mass is 16.2. The van der Waals surface area contributed by atoms with Crippen LogP contribution in [0.4, 0.5) is 10.5 Å². The van der Waals surface area contributed by atoms with Gasteiger partial charge in [-0.2, -0.15) is 0 Å². The highest BCUT2D eigenvalue weighted by Crippen LogP contribution is 2.33. The molecule has 154 valence electrons. The van der Waals surface area contributed by atoms with E-state index in [-0.39, 0.29) is 11.9 Å². The second-order valence-corrected chi connectivity index (χ2v) is 7.94. The zero-order valence-corrected chi connectivity index (χ0v) is 17.0. The number of imide groups is 1. The lowest BCUT2D eigenvalue weighted by molar-refractivity contribution is -0.137. The first-order valence-corrected chi connectivity index (χ1v) is 10.4. The Morgan fingerprint density at radius 3 is 2.40 bits per heavy atom. The number of fused-ring (bicyclic) bond motifs is 3. The zero-order valence-electron chi connectivity index (χ0n) is 17.0. The van der Waals surface area contributed by atoms with Gasteiger partial charge < -0.3 is 14.7 Å². The van der Waals surface area contributed by atoms with E-state index in [1.165, 1.54) is 10.5 Å². The van der Waals surface area contributed by atoms with Gasteiger partial charge in [0.25, 0.3) is 5.91 Å². The van der Waals surface area contributed by atoms with Crippen LogP contribution in [0.15, 0.2) is 65.7 Å². The van der Waals surface area contributed by atoms with Crippen LogP contribution < -0.4 is 4.90 Å². The summed E-state index contributed by atoms with van der Waals surface area (Å²) in [7, 11) is 1.75. The third kappa shape index (κ3) is 3.01. The first-order chi connectivity index (χ1) is 14.6. The minimum absolute atomic E-state index is 0.134. The van der Waals surface area contributed by atoms with Crippen LogP contribution in [0.5, 0.6) is 0 Å². The van der Waals surface area contributed by atoms with E-state index in [4.69, 9.17) is 4.99 Å². The molecule has 7 heteroatoms. The molecule has 3 aliphatic rings. The molecule has 0 saturated carbocycles. The molecular weight excluding hydrogens is 378 g/mol. The molecule has 0 N–H and O–H groups in total. The molecule has 2 saturated heterocycles. The monoisotopic (exact) mass is 403 g/mol. The van der Waals surface area contributed by atoms with Gasteiger partial charge in [-0.05, 0) is 30.5 Å². The molecule has 3 heterocycles. The minimum Gasteiger partial charge on any atom is -0.325 e. The summed E-state index contributed by atoms with van der Waals surface area (Å²) in [5.74, 6) is 0.653. The maximum Gasteiger partial charge on any atom is 0.328 e. The quantitative estimate of drug-likeness (QED) is 0.769. The van der Waals surface area contributed by atoms with Crippen LogP contribution >= 0.6 is 0 Å². The highest BCUT2D eigenvalue weighted by molar-refractivity contribution is 6.07. The number of likely N-dealkylation sites (N-methyl/N-ethyl adjacent to an activating group) is 1. The number of hydrogen-bond donors (Lipinski definition) is 0. The average molecular weight is 403 g/mol. The van der Waals surface area contributed by atoms with E-state index in [0.717, 1.165) is 37.6 Å². The molecular formula is C23H25N5O2. The fourth-order valence-electron chi connectivity index (χ4n) is 4.58. The van der Waals surface area contributed by atoms with Gasteiger partial charge in [-0.3, -0.25) is 9.69 Å². The zero-order chi connectivity index (χ0) is 20.7. The van der Waals surface area contributed by atoms with Gasteiger partial charge in [0.1, 0.15) is 0 Å². The molecule has 2 aromatic rings. The first-order valence-electron chi connectivity index (χ1n) is 10.4. The molecule has 3 amide bonds. The average Bonchev–Trinajstić information content (AvgIpc) is 3.35. The third-order valence-corrected chi connectivity index (χ3v) is 6.14. The largest absolute Gasteiger partial charge is 0.328 e. The maximum atomic E-state index is 13.3. The first kappa shape index (κ1) is 18.7. The summed E-state index contributed by atoms with van der Waals surface area (Å²) < 4.78 is 0. The fraction of sp³-hybridized carbons (Fsp3) is 0.348. The Morgan fingerprint density at radius 1 is 0.967 bits per heavy atom. The number of amides is 3. The lowest BCUT2D eigenvalue weighted by Crippen LogP contribution is -2.64. The van der Waals surface area contributed by atoms with Crippen molar-refractivity contribution >= 4 is 23.6 Å². The molecule has 30 heavy (non-hydrogen) atoms. The van der Waals surface area contributed by atoms with E-state index in [2.05, 4.69) is 21.9 Å².